The van der Waals surface area contributed by atoms with Crippen LogP contribution in [-0.4, -0.2) is 80.2 Å². The van der Waals surface area contributed by atoms with Crippen molar-refractivity contribution in [1.29, 1.82) is 0 Å². The second-order valence-corrected chi connectivity index (χ2v) is 14.0. The molecule has 2 heterocycles. The van der Waals surface area contributed by atoms with E-state index in [-0.39, 0.29) is 55.3 Å². The van der Waals surface area contributed by atoms with Gasteiger partial charge in [0.25, 0.3) is 5.91 Å². The standard InChI is InChI=1S/C18H24N4O17P4.Mg.2H/c1-5-19-18(23)15-14(17-20-9(4)34-22-17)16(35-21-15)11-6-10(8(2)3)12(36-42(30,31)38-40(24,25)26)7-13(11)37-43(32,33)39-41(27,28)29;;;/h6-8H,5H2,1-4H3,(H,19,23)(H,30,31)(H,32,33)(H2,24,25,26)(H2,27,28,29);;;/q;+2;2*-1. The van der Waals surface area contributed by atoms with E-state index in [4.69, 9.17) is 37.7 Å². The summed E-state index contributed by atoms with van der Waals surface area (Å²) >= 11 is 0. The SMILES string of the molecule is CCNC(=O)c1noc(-c2cc(C(C)C)c(OP(=O)(O)OP(=O)(O)O)cc2OP(=O)(O)OP(=O)(O)O)c1-c1noc(C)n1.[H-].[H-].[Mg+2]. The number of carbonyl (C=O) groups excluding carboxylic acids is 1. The number of nitrogens with zero attached hydrogens (tertiary/aromatic N) is 3. The molecule has 0 bridgehead atoms. The van der Waals surface area contributed by atoms with Gasteiger partial charge in [-0.3, -0.25) is 14.6 Å². The molecule has 0 spiro atoms. The Morgan fingerprint density at radius 1 is 0.932 bits per heavy atom. The number of carbonyl (C=O) groups is 1. The van der Waals surface area contributed by atoms with E-state index in [1.54, 1.807) is 6.92 Å². The Morgan fingerprint density at radius 2 is 1.48 bits per heavy atom. The summed E-state index contributed by atoms with van der Waals surface area (Å²) in [6, 6.07) is 1.69. The third-order valence-electron chi connectivity index (χ3n) is 4.82. The Labute approximate surface area is 266 Å². The Kier molecular flexibility index (Phi) is 12.3. The van der Waals surface area contributed by atoms with Crippen LogP contribution in [0.25, 0.3) is 22.7 Å². The monoisotopic (exact) mass is 718 g/mol. The summed E-state index contributed by atoms with van der Waals surface area (Å²) in [6.07, 6.45) is 0. The average Bonchev–Trinajstić information content (AvgIpc) is 3.41. The van der Waals surface area contributed by atoms with E-state index in [2.05, 4.69) is 29.2 Å². The van der Waals surface area contributed by atoms with Gasteiger partial charge in [0, 0.05) is 19.5 Å². The van der Waals surface area contributed by atoms with Gasteiger partial charge in [0.05, 0.1) is 5.56 Å². The Hall–Kier alpha value is -1.99. The van der Waals surface area contributed by atoms with Crippen molar-refractivity contribution < 1.29 is 82.0 Å². The van der Waals surface area contributed by atoms with E-state index >= 15 is 0 Å². The first-order valence-corrected chi connectivity index (χ1v) is 17.5. The van der Waals surface area contributed by atoms with Crippen LogP contribution in [0.1, 0.15) is 51.5 Å². The molecule has 2 unspecified atom stereocenters. The number of benzene rings is 1. The number of hydrogen-bond donors (Lipinski definition) is 7. The van der Waals surface area contributed by atoms with Crippen molar-refractivity contribution in [1.82, 2.24) is 20.6 Å². The molecule has 2 aromatic heterocycles. The predicted octanol–water partition coefficient (Wildman–Crippen LogP) is 2.59. The molecule has 0 radical (unpaired) electrons. The molecule has 0 aliphatic heterocycles. The van der Waals surface area contributed by atoms with Crippen LogP contribution < -0.4 is 14.4 Å². The zero-order valence-electron chi connectivity index (χ0n) is 25.0. The fourth-order valence-electron chi connectivity index (χ4n) is 3.39. The van der Waals surface area contributed by atoms with Gasteiger partial charge in [0.15, 0.2) is 11.5 Å². The maximum atomic E-state index is 12.8. The molecular weight excluding hydrogens is 692 g/mol. The summed E-state index contributed by atoms with van der Waals surface area (Å²) in [4.78, 5) is 72.8. The number of phosphoric ester groups is 2. The second-order valence-electron chi connectivity index (χ2n) is 8.54. The molecule has 0 saturated heterocycles. The molecule has 21 nitrogen and oxygen atoms in total. The summed E-state index contributed by atoms with van der Waals surface area (Å²) < 4.78 is 75.0. The molecule has 3 aromatic rings. The molecule has 242 valence electrons. The van der Waals surface area contributed by atoms with Crippen LogP contribution in [0.15, 0.2) is 21.2 Å². The van der Waals surface area contributed by atoms with E-state index in [1.807, 2.05) is 0 Å². The van der Waals surface area contributed by atoms with Crippen molar-refractivity contribution in [3.05, 3.63) is 29.3 Å². The number of amides is 1. The number of aryl methyl sites for hydroxylation is 1. The van der Waals surface area contributed by atoms with Crippen molar-refractivity contribution in [2.75, 3.05) is 6.54 Å². The zero-order chi connectivity index (χ0) is 32.5. The summed E-state index contributed by atoms with van der Waals surface area (Å²) in [5, 5.41) is 9.93. The van der Waals surface area contributed by atoms with Crippen molar-refractivity contribution in [2.45, 2.75) is 33.6 Å². The molecule has 7 N–H and O–H groups in total. The van der Waals surface area contributed by atoms with Crippen LogP contribution in [0.3, 0.4) is 0 Å². The fraction of sp³-hybridized carbons (Fsp3) is 0.333. The first kappa shape index (κ1) is 38.2. The maximum Gasteiger partial charge on any atom is 2.00 e. The minimum absolute atomic E-state index is 0. The van der Waals surface area contributed by atoms with Crippen LogP contribution in [0.5, 0.6) is 11.5 Å². The number of nitrogens with one attached hydrogen (secondary N) is 1. The molecule has 2 atom stereocenters. The van der Waals surface area contributed by atoms with Gasteiger partial charge >= 0.3 is 54.3 Å². The van der Waals surface area contributed by atoms with Gasteiger partial charge in [0.2, 0.25) is 11.7 Å². The first-order chi connectivity index (χ1) is 19.6. The molecule has 0 saturated carbocycles. The Bertz CT molecular complexity index is 1720. The number of phosphoric acid groups is 4. The largest absolute Gasteiger partial charge is 2.00 e. The molecule has 1 aromatic carbocycles. The third kappa shape index (κ3) is 10.3. The number of aromatic nitrogens is 3. The van der Waals surface area contributed by atoms with E-state index < -0.39 is 71.6 Å². The Balaban J connectivity index is 0.00000675. The maximum absolute atomic E-state index is 12.8. The molecule has 44 heavy (non-hydrogen) atoms. The quantitative estimate of drug-likeness (QED) is 0.0986. The van der Waals surface area contributed by atoms with Crippen molar-refractivity contribution in [3.8, 4) is 34.2 Å². The summed E-state index contributed by atoms with van der Waals surface area (Å²) in [7, 11) is -22.6. The first-order valence-electron chi connectivity index (χ1n) is 11.5. The van der Waals surface area contributed by atoms with Crippen LogP contribution in [0, 0.1) is 6.92 Å². The zero-order valence-corrected chi connectivity index (χ0v) is 27.9. The Morgan fingerprint density at radius 3 is 1.93 bits per heavy atom. The van der Waals surface area contributed by atoms with Gasteiger partial charge in [-0.25, -0.2) is 18.3 Å². The average molecular weight is 719 g/mol. The summed E-state index contributed by atoms with van der Waals surface area (Å²) in [5.41, 5.74) is -1.11. The van der Waals surface area contributed by atoms with Crippen LogP contribution in [-0.2, 0) is 26.9 Å². The van der Waals surface area contributed by atoms with Crippen molar-refractivity contribution in [3.63, 3.8) is 0 Å². The second kappa shape index (κ2) is 14.2. The van der Waals surface area contributed by atoms with E-state index in [9.17, 15) is 32.8 Å². The molecule has 0 fully saturated rings. The van der Waals surface area contributed by atoms with Gasteiger partial charge in [-0.15, -0.1) is 0 Å². The topological polar surface area (TPSA) is 321 Å². The third-order valence-corrected chi connectivity index (χ3v) is 9.03. The van der Waals surface area contributed by atoms with Gasteiger partial charge in [-0.2, -0.15) is 13.6 Å². The molecule has 0 aliphatic rings. The van der Waals surface area contributed by atoms with Crippen molar-refractivity contribution >= 4 is 60.3 Å². The van der Waals surface area contributed by atoms with Crippen molar-refractivity contribution in [2.24, 2.45) is 0 Å². The smallest absolute Gasteiger partial charge is 1.00 e. The van der Waals surface area contributed by atoms with E-state index in [1.165, 1.54) is 20.8 Å². The molecule has 0 aliphatic carbocycles. The van der Waals surface area contributed by atoms with E-state index in [0.717, 1.165) is 6.07 Å². The summed E-state index contributed by atoms with van der Waals surface area (Å²) in [6.45, 7) is 6.22. The van der Waals surface area contributed by atoms with E-state index in [0.29, 0.717) is 6.07 Å². The van der Waals surface area contributed by atoms with Crippen LogP contribution >= 0.6 is 31.3 Å². The van der Waals surface area contributed by atoms with Crippen LogP contribution in [0.2, 0.25) is 0 Å². The normalized spacial score (nSPS) is 14.8. The molecule has 1 amide bonds. The van der Waals surface area contributed by atoms with Gasteiger partial charge in [-0.05, 0) is 24.5 Å². The minimum Gasteiger partial charge on any atom is -1.00 e. The number of hydrogen-bond acceptors (Lipinski definition) is 14. The predicted molar refractivity (Wildman–Crippen MR) is 147 cm³/mol. The fourth-order valence-corrected chi connectivity index (χ4v) is 6.62. The number of rotatable bonds is 13. The molecular formula is C18H26MgN4O17P4. The van der Waals surface area contributed by atoms with Crippen LogP contribution in [0.4, 0.5) is 0 Å². The van der Waals surface area contributed by atoms with Gasteiger partial charge in [0.1, 0.15) is 17.1 Å². The van der Waals surface area contributed by atoms with Gasteiger partial charge in [-0.1, -0.05) is 24.2 Å². The minimum atomic E-state index is -5.73. The molecule has 3 rings (SSSR count). The summed E-state index contributed by atoms with van der Waals surface area (Å²) in [5.74, 6) is -3.74. The van der Waals surface area contributed by atoms with Gasteiger partial charge < -0.3 is 45.8 Å². The molecule has 26 heteroatoms.